The molecule has 3 heteroatoms. The van der Waals surface area contributed by atoms with Crippen LogP contribution in [0.3, 0.4) is 0 Å². The molecule has 1 aliphatic carbocycles. The van der Waals surface area contributed by atoms with Crippen LogP contribution >= 0.6 is 0 Å². The summed E-state index contributed by atoms with van der Waals surface area (Å²) in [5.41, 5.74) is 4.43. The molecule has 0 spiro atoms. The molecule has 0 aromatic heterocycles. The first-order valence-corrected chi connectivity index (χ1v) is 7.71. The van der Waals surface area contributed by atoms with Gasteiger partial charge < -0.3 is 5.32 Å². The van der Waals surface area contributed by atoms with Crippen LogP contribution in [0, 0.1) is 0 Å². The Kier molecular flexibility index (Phi) is 2.97. The van der Waals surface area contributed by atoms with Gasteiger partial charge in [-0.05, 0) is 30.4 Å². The first-order chi connectivity index (χ1) is 9.40. The number of para-hydroxylation sites is 1. The minimum absolute atomic E-state index is 0.935. The van der Waals surface area contributed by atoms with Gasteiger partial charge in [0.15, 0.2) is 0 Å². The van der Waals surface area contributed by atoms with Gasteiger partial charge in [0.25, 0.3) is 0 Å². The molecule has 4 rings (SSSR count). The summed E-state index contributed by atoms with van der Waals surface area (Å²) >= 11 is 0. The van der Waals surface area contributed by atoms with Crippen molar-refractivity contribution in [1.29, 1.82) is 0 Å². The van der Waals surface area contributed by atoms with Crippen molar-refractivity contribution in [3.8, 4) is 0 Å². The molecule has 1 aromatic rings. The number of nitrogens with zero attached hydrogens (tertiary/aromatic N) is 2. The molecule has 0 unspecified atom stereocenters. The highest BCUT2D eigenvalue weighted by Crippen LogP contribution is 2.29. The summed E-state index contributed by atoms with van der Waals surface area (Å²) in [5, 5.41) is 3.56. The van der Waals surface area contributed by atoms with Crippen molar-refractivity contribution >= 4 is 5.69 Å². The fourth-order valence-corrected chi connectivity index (χ4v) is 3.51. The van der Waals surface area contributed by atoms with E-state index in [1.54, 1.807) is 0 Å². The number of hydrogen-bond acceptors (Lipinski definition) is 3. The van der Waals surface area contributed by atoms with Crippen molar-refractivity contribution in [2.24, 2.45) is 0 Å². The molecule has 0 radical (unpaired) electrons. The molecule has 102 valence electrons. The summed E-state index contributed by atoms with van der Waals surface area (Å²) in [4.78, 5) is 5.30. The van der Waals surface area contributed by atoms with Gasteiger partial charge in [0.05, 0.1) is 0 Å². The fraction of sp³-hybridized carbons (Fsp3) is 0.625. The van der Waals surface area contributed by atoms with Crippen LogP contribution in [0.15, 0.2) is 18.2 Å². The Bertz CT molecular complexity index is 459. The van der Waals surface area contributed by atoms with E-state index in [1.165, 1.54) is 62.3 Å². The maximum Gasteiger partial charge on any atom is 0.0419 e. The number of benzene rings is 1. The van der Waals surface area contributed by atoms with Crippen LogP contribution in [-0.4, -0.2) is 48.6 Å². The second-order valence-electron chi connectivity index (χ2n) is 6.17. The van der Waals surface area contributed by atoms with E-state index < -0.39 is 0 Å². The quantitative estimate of drug-likeness (QED) is 0.892. The van der Waals surface area contributed by atoms with E-state index in [-0.39, 0.29) is 0 Å². The van der Waals surface area contributed by atoms with Crippen LogP contribution < -0.4 is 5.32 Å². The second kappa shape index (κ2) is 4.80. The second-order valence-corrected chi connectivity index (χ2v) is 6.17. The van der Waals surface area contributed by atoms with E-state index in [9.17, 15) is 0 Å². The normalized spacial score (nSPS) is 24.2. The number of nitrogens with one attached hydrogen (secondary N) is 1. The SMILES string of the molecule is c1cc2c(c(CN3CCN(C4CC4)CC3)c1)NCC2. The zero-order chi connectivity index (χ0) is 12.7. The Morgan fingerprint density at radius 1 is 1.11 bits per heavy atom. The predicted molar refractivity (Wildman–Crippen MR) is 78.5 cm³/mol. The molecular formula is C16H23N3. The zero-order valence-corrected chi connectivity index (χ0v) is 11.6. The number of piperazine rings is 1. The molecule has 3 aliphatic rings. The maximum absolute atomic E-state index is 3.56. The topological polar surface area (TPSA) is 18.5 Å². The molecular weight excluding hydrogens is 234 g/mol. The summed E-state index contributed by atoms with van der Waals surface area (Å²) < 4.78 is 0. The molecule has 2 fully saturated rings. The minimum atomic E-state index is 0.935. The maximum atomic E-state index is 3.56. The number of anilines is 1. The smallest absolute Gasteiger partial charge is 0.0419 e. The molecule has 19 heavy (non-hydrogen) atoms. The van der Waals surface area contributed by atoms with Gasteiger partial charge in [-0.1, -0.05) is 18.2 Å². The lowest BCUT2D eigenvalue weighted by molar-refractivity contribution is 0.121. The first-order valence-electron chi connectivity index (χ1n) is 7.71. The third-order valence-electron chi connectivity index (χ3n) is 4.80. The summed E-state index contributed by atoms with van der Waals surface area (Å²) in [6, 6.07) is 7.72. The van der Waals surface area contributed by atoms with Gasteiger partial charge in [-0.15, -0.1) is 0 Å². The van der Waals surface area contributed by atoms with Gasteiger partial charge in [0, 0.05) is 51.0 Å². The average Bonchev–Trinajstić information content (AvgIpc) is 3.17. The van der Waals surface area contributed by atoms with Crippen LogP contribution in [-0.2, 0) is 13.0 Å². The summed E-state index contributed by atoms with van der Waals surface area (Å²) in [6.07, 6.45) is 4.07. The molecule has 3 nitrogen and oxygen atoms in total. The number of rotatable bonds is 3. The van der Waals surface area contributed by atoms with Crippen molar-refractivity contribution in [1.82, 2.24) is 9.80 Å². The van der Waals surface area contributed by atoms with Gasteiger partial charge in [-0.25, -0.2) is 0 Å². The molecule has 1 saturated heterocycles. The molecule has 0 atom stereocenters. The highest BCUT2D eigenvalue weighted by molar-refractivity contribution is 5.61. The minimum Gasteiger partial charge on any atom is -0.384 e. The Balaban J connectivity index is 1.41. The molecule has 0 amide bonds. The van der Waals surface area contributed by atoms with Gasteiger partial charge in [-0.3, -0.25) is 9.80 Å². The van der Waals surface area contributed by atoms with Crippen molar-refractivity contribution < 1.29 is 0 Å². The Hall–Kier alpha value is -1.06. The van der Waals surface area contributed by atoms with Crippen molar-refractivity contribution in [2.75, 3.05) is 38.0 Å². The van der Waals surface area contributed by atoms with Gasteiger partial charge in [0.2, 0.25) is 0 Å². The van der Waals surface area contributed by atoms with Crippen molar-refractivity contribution in [2.45, 2.75) is 31.8 Å². The van der Waals surface area contributed by atoms with Crippen LogP contribution in [0.25, 0.3) is 0 Å². The van der Waals surface area contributed by atoms with Crippen LogP contribution in [0.2, 0.25) is 0 Å². The van der Waals surface area contributed by atoms with Crippen LogP contribution in [0.5, 0.6) is 0 Å². The molecule has 1 N–H and O–H groups in total. The zero-order valence-electron chi connectivity index (χ0n) is 11.6. The lowest BCUT2D eigenvalue weighted by atomic mass is 10.1. The van der Waals surface area contributed by atoms with E-state index >= 15 is 0 Å². The van der Waals surface area contributed by atoms with Crippen molar-refractivity contribution in [3.05, 3.63) is 29.3 Å². The lowest BCUT2D eigenvalue weighted by Gasteiger charge is -2.35. The van der Waals surface area contributed by atoms with E-state index in [0.29, 0.717) is 0 Å². The van der Waals surface area contributed by atoms with Gasteiger partial charge >= 0.3 is 0 Å². The molecule has 2 heterocycles. The standard InChI is InChI=1S/C16H23N3/c1-2-13-6-7-17-16(13)14(3-1)12-18-8-10-19(11-9-18)15-4-5-15/h1-3,15,17H,4-12H2. The third-order valence-corrected chi connectivity index (χ3v) is 4.80. The van der Waals surface area contributed by atoms with Gasteiger partial charge in [-0.2, -0.15) is 0 Å². The highest BCUT2D eigenvalue weighted by Gasteiger charge is 2.31. The molecule has 2 aliphatic heterocycles. The summed E-state index contributed by atoms with van der Waals surface area (Å²) in [5.74, 6) is 0. The van der Waals surface area contributed by atoms with E-state index in [4.69, 9.17) is 0 Å². The summed E-state index contributed by atoms with van der Waals surface area (Å²) in [7, 11) is 0. The number of hydrogen-bond donors (Lipinski definition) is 1. The van der Waals surface area contributed by atoms with Crippen LogP contribution in [0.4, 0.5) is 5.69 Å². The average molecular weight is 257 g/mol. The van der Waals surface area contributed by atoms with Gasteiger partial charge in [0.1, 0.15) is 0 Å². The highest BCUT2D eigenvalue weighted by atomic mass is 15.3. The monoisotopic (exact) mass is 257 g/mol. The number of fused-ring (bicyclic) bond motifs is 1. The largest absolute Gasteiger partial charge is 0.384 e. The van der Waals surface area contributed by atoms with E-state index in [1.807, 2.05) is 0 Å². The Labute approximate surface area is 115 Å². The van der Waals surface area contributed by atoms with Crippen LogP contribution in [0.1, 0.15) is 24.0 Å². The molecule has 1 aromatic carbocycles. The fourth-order valence-electron chi connectivity index (χ4n) is 3.51. The third kappa shape index (κ3) is 2.37. The van der Waals surface area contributed by atoms with Crippen molar-refractivity contribution in [3.63, 3.8) is 0 Å². The molecule has 0 bridgehead atoms. The Morgan fingerprint density at radius 3 is 2.74 bits per heavy atom. The Morgan fingerprint density at radius 2 is 1.95 bits per heavy atom. The first kappa shape index (κ1) is 11.7. The summed E-state index contributed by atoms with van der Waals surface area (Å²) in [6.45, 7) is 7.25. The van der Waals surface area contributed by atoms with E-state index in [0.717, 1.165) is 19.1 Å². The lowest BCUT2D eigenvalue weighted by Crippen LogP contribution is -2.46. The van der Waals surface area contributed by atoms with E-state index in [2.05, 4.69) is 33.3 Å². The molecule has 1 saturated carbocycles. The predicted octanol–water partition coefficient (Wildman–Crippen LogP) is 1.93.